The molecule has 0 aliphatic carbocycles. The van der Waals surface area contributed by atoms with Crippen molar-refractivity contribution in [2.24, 2.45) is 0 Å². The third kappa shape index (κ3) is 14.3. The molecule has 0 saturated carbocycles. The zero-order valence-corrected chi connectivity index (χ0v) is 71.3. The Morgan fingerprint density at radius 3 is 0.446 bits per heavy atom. The standard InChI is InChI=1S/C68H47N3.C56H39N3/c1-6-16-54(17-7-1)69(55-18-8-2-9-19-55)59-38-34-50(35-39-59)48-26-30-52(31-27-48)61-44-46-65-67-63(61)42-43-64-62(45-47-66(68(64)67)71(65)58-24-14-5-15-25-58)53-32-28-49(29-33-53)51-36-40-60(41-37-51)70(56-20-10-3-11-21-56)57-22-12-4-13-23-57;1-6-16-42(17-7-1)57(43-18-8-2-9-19-43)47-30-26-40(27-31-47)49-36-38-53-55-51(49)34-35-52-50(37-39-54(56(52)55)59(53)46-24-14-5-15-25-46)41-28-32-48(33-29-41)58(44-20-10-3-11-21-44)45-22-12-4-13-23-45/h1-47H;1-39H. The van der Waals surface area contributed by atoms with E-state index in [4.69, 9.17) is 0 Å². The van der Waals surface area contributed by atoms with E-state index in [9.17, 15) is 0 Å². The van der Waals surface area contributed by atoms with Gasteiger partial charge in [0.15, 0.2) is 0 Å². The zero-order valence-electron chi connectivity index (χ0n) is 71.3. The smallest absolute Gasteiger partial charge is 0.0547 e. The first kappa shape index (κ1) is 77.5. The van der Waals surface area contributed by atoms with Gasteiger partial charge < -0.3 is 28.7 Å². The van der Waals surface area contributed by atoms with Crippen LogP contribution < -0.4 is 19.6 Å². The Kier molecular flexibility index (Phi) is 20.2. The Hall–Kier alpha value is -17.3. The van der Waals surface area contributed by atoms with Crippen molar-refractivity contribution >= 4 is 133 Å². The van der Waals surface area contributed by atoms with Gasteiger partial charge in [-0.05, 0) is 282 Å². The van der Waals surface area contributed by atoms with Crippen molar-refractivity contribution in [1.82, 2.24) is 9.13 Å². The molecule has 2 aromatic heterocycles. The molecule has 0 atom stereocenters. The summed E-state index contributed by atoms with van der Waals surface area (Å²) in [5.41, 5.74) is 35.0. The van der Waals surface area contributed by atoms with Gasteiger partial charge in [0, 0.05) is 101 Å². The Bertz CT molecular complexity index is 7430. The van der Waals surface area contributed by atoms with Crippen molar-refractivity contribution in [3.8, 4) is 78.1 Å². The van der Waals surface area contributed by atoms with E-state index in [1.54, 1.807) is 0 Å². The average molecular weight is 1660 g/mol. The van der Waals surface area contributed by atoms with Gasteiger partial charge in [0.25, 0.3) is 0 Å². The predicted molar refractivity (Wildman–Crippen MR) is 550 cm³/mol. The maximum Gasteiger partial charge on any atom is 0.0547 e. The number of benzene rings is 22. The van der Waals surface area contributed by atoms with Gasteiger partial charge in [0.1, 0.15) is 0 Å². The zero-order chi connectivity index (χ0) is 86.2. The molecule has 6 nitrogen and oxygen atoms in total. The lowest BCUT2D eigenvalue weighted by Crippen LogP contribution is -2.09. The van der Waals surface area contributed by atoms with Gasteiger partial charge in [-0.2, -0.15) is 0 Å². The van der Waals surface area contributed by atoms with Gasteiger partial charge >= 0.3 is 0 Å². The van der Waals surface area contributed by atoms with E-state index >= 15 is 0 Å². The third-order valence-corrected chi connectivity index (χ3v) is 25.5. The van der Waals surface area contributed by atoms with Crippen LogP contribution in [0, 0.1) is 0 Å². The number of para-hydroxylation sites is 10. The Morgan fingerprint density at radius 1 is 0.115 bits per heavy atom. The fraction of sp³-hybridized carbons (Fsp3) is 0. The highest BCUT2D eigenvalue weighted by atomic mass is 15.2. The number of hydrogen-bond acceptors (Lipinski definition) is 4. The Labute approximate surface area is 756 Å². The third-order valence-electron chi connectivity index (χ3n) is 25.5. The van der Waals surface area contributed by atoms with Crippen molar-refractivity contribution in [2.45, 2.75) is 0 Å². The minimum absolute atomic E-state index is 1.12. The summed E-state index contributed by atoms with van der Waals surface area (Å²) in [6.45, 7) is 0. The average Bonchev–Trinajstić information content (AvgIpc) is 1.55. The van der Waals surface area contributed by atoms with E-state index < -0.39 is 0 Å². The van der Waals surface area contributed by atoms with E-state index in [1.165, 1.54) is 132 Å². The van der Waals surface area contributed by atoms with E-state index in [1.807, 2.05) is 0 Å². The van der Waals surface area contributed by atoms with Crippen LogP contribution in [0.5, 0.6) is 0 Å². The van der Waals surface area contributed by atoms with Gasteiger partial charge in [-0.1, -0.05) is 328 Å². The van der Waals surface area contributed by atoms with Crippen LogP contribution in [0.15, 0.2) is 522 Å². The van der Waals surface area contributed by atoms with Gasteiger partial charge in [0.05, 0.1) is 22.1 Å². The second kappa shape index (κ2) is 34.0. The van der Waals surface area contributed by atoms with E-state index in [2.05, 4.69) is 550 Å². The molecule has 0 spiro atoms. The second-order valence-corrected chi connectivity index (χ2v) is 33.1. The molecule has 0 N–H and O–H groups in total. The van der Waals surface area contributed by atoms with Gasteiger partial charge in [-0.15, -0.1) is 0 Å². The lowest BCUT2D eigenvalue weighted by atomic mass is 9.90. The minimum atomic E-state index is 1.12. The van der Waals surface area contributed by atoms with Crippen molar-refractivity contribution in [2.75, 3.05) is 19.6 Å². The quantitative estimate of drug-likeness (QED) is 0.0710. The monoisotopic (exact) mass is 1660 g/mol. The molecule has 22 aromatic carbocycles. The summed E-state index contributed by atoms with van der Waals surface area (Å²) in [6.07, 6.45) is 0. The normalized spacial score (nSPS) is 11.4. The molecule has 0 aliphatic rings. The maximum atomic E-state index is 2.44. The number of rotatable bonds is 20. The minimum Gasteiger partial charge on any atom is -0.311 e. The van der Waals surface area contributed by atoms with Gasteiger partial charge in [0.2, 0.25) is 0 Å². The SMILES string of the molecule is c1ccc(N(c2ccccc2)c2ccc(-c3ccc(-c4ccc5c6c4ccc4c(-c7ccc(-c8ccc(N(c9ccccc9)c9ccccc9)cc8)cc7)ccc(c46)n5-c4ccccc4)cc3)cc2)cc1.c1ccc(N(c2ccccc2)c2ccc(-c3ccc4c5c3ccc3c(-c6ccc(N(c7ccccc7)c7ccccc7)cc6)ccc(c35)n4-c3ccccc3)cc2)cc1. The molecule has 612 valence electrons. The highest BCUT2D eigenvalue weighted by Gasteiger charge is 2.26. The first-order valence-corrected chi connectivity index (χ1v) is 44.5. The molecule has 0 amide bonds. The fourth-order valence-electron chi connectivity index (χ4n) is 19.5. The van der Waals surface area contributed by atoms with Crippen LogP contribution in [0.25, 0.3) is 143 Å². The first-order chi connectivity index (χ1) is 64.5. The van der Waals surface area contributed by atoms with Crippen molar-refractivity contribution in [3.05, 3.63) is 522 Å². The lowest BCUT2D eigenvalue weighted by Gasteiger charge is -2.25. The summed E-state index contributed by atoms with van der Waals surface area (Å²) in [4.78, 5) is 9.22. The van der Waals surface area contributed by atoms with Gasteiger partial charge in [-0.25, -0.2) is 0 Å². The molecule has 0 aliphatic heterocycles. The molecule has 0 fully saturated rings. The molecular formula is C124H86N6. The van der Waals surface area contributed by atoms with Crippen LogP contribution in [0.1, 0.15) is 0 Å². The highest BCUT2D eigenvalue weighted by molar-refractivity contribution is 6.30. The lowest BCUT2D eigenvalue weighted by molar-refractivity contribution is 1.18. The highest BCUT2D eigenvalue weighted by Crippen LogP contribution is 2.50. The summed E-state index contributed by atoms with van der Waals surface area (Å²) in [5, 5.41) is 10.2. The molecule has 2 heterocycles. The topological polar surface area (TPSA) is 22.8 Å². The van der Waals surface area contributed by atoms with Crippen LogP contribution in [-0.2, 0) is 0 Å². The molecule has 24 aromatic rings. The fourth-order valence-corrected chi connectivity index (χ4v) is 19.5. The predicted octanol–water partition coefficient (Wildman–Crippen LogP) is 34.6. The largest absolute Gasteiger partial charge is 0.311 e. The summed E-state index contributed by atoms with van der Waals surface area (Å²) in [7, 11) is 0. The van der Waals surface area contributed by atoms with E-state index in [0.717, 1.165) is 79.6 Å². The summed E-state index contributed by atoms with van der Waals surface area (Å²) in [6, 6.07) is 188. The molecular weight excluding hydrogens is 1570 g/mol. The van der Waals surface area contributed by atoms with E-state index in [0.29, 0.717) is 0 Å². The molecule has 0 radical (unpaired) electrons. The maximum absolute atomic E-state index is 2.44. The molecule has 0 saturated heterocycles. The number of anilines is 12. The summed E-state index contributed by atoms with van der Waals surface area (Å²) < 4.78 is 4.87. The van der Waals surface area contributed by atoms with E-state index in [-0.39, 0.29) is 0 Å². The Balaban J connectivity index is 0.000000151. The van der Waals surface area contributed by atoms with Crippen molar-refractivity contribution in [1.29, 1.82) is 0 Å². The molecule has 0 unspecified atom stereocenters. The molecule has 130 heavy (non-hydrogen) atoms. The van der Waals surface area contributed by atoms with Crippen molar-refractivity contribution < 1.29 is 0 Å². The van der Waals surface area contributed by atoms with Crippen LogP contribution >= 0.6 is 0 Å². The molecule has 6 heteroatoms. The van der Waals surface area contributed by atoms with Crippen LogP contribution in [0.4, 0.5) is 68.2 Å². The summed E-state index contributed by atoms with van der Waals surface area (Å²) >= 11 is 0. The number of hydrogen-bond donors (Lipinski definition) is 0. The molecule has 24 rings (SSSR count). The van der Waals surface area contributed by atoms with Crippen LogP contribution in [-0.4, -0.2) is 9.13 Å². The van der Waals surface area contributed by atoms with Crippen LogP contribution in [0.2, 0.25) is 0 Å². The molecule has 0 bridgehead atoms. The first-order valence-electron chi connectivity index (χ1n) is 44.5. The van der Waals surface area contributed by atoms with Gasteiger partial charge in [-0.3, -0.25) is 0 Å². The number of nitrogens with zero attached hydrogens (tertiary/aromatic N) is 6. The van der Waals surface area contributed by atoms with Crippen LogP contribution in [0.3, 0.4) is 0 Å². The summed E-state index contributed by atoms with van der Waals surface area (Å²) in [5.74, 6) is 0. The number of aromatic nitrogens is 2. The van der Waals surface area contributed by atoms with Crippen molar-refractivity contribution in [3.63, 3.8) is 0 Å². The Morgan fingerprint density at radius 2 is 0.262 bits per heavy atom. The second-order valence-electron chi connectivity index (χ2n) is 33.1.